The zero-order chi connectivity index (χ0) is 15.4. The normalized spacial score (nSPS) is 18.4. The summed E-state index contributed by atoms with van der Waals surface area (Å²) in [6, 6.07) is 6.28. The Morgan fingerprint density at radius 1 is 1.39 bits per heavy atom. The van der Waals surface area contributed by atoms with E-state index in [0.717, 1.165) is 19.6 Å². The summed E-state index contributed by atoms with van der Waals surface area (Å²) in [7, 11) is 0. The molecule has 0 radical (unpaired) electrons. The Balaban J connectivity index is 0.00000192. The van der Waals surface area contributed by atoms with Crippen molar-refractivity contribution >= 4 is 12.4 Å². The first-order valence-corrected chi connectivity index (χ1v) is 7.35. The highest BCUT2D eigenvalue weighted by atomic mass is 35.5. The molecule has 0 spiro atoms. The van der Waals surface area contributed by atoms with Gasteiger partial charge in [-0.1, -0.05) is 5.16 Å². The maximum Gasteiger partial charge on any atom is 0.240 e. The molecule has 1 N–H and O–H groups in total. The lowest BCUT2D eigenvalue weighted by Gasteiger charge is -2.32. The van der Waals surface area contributed by atoms with Crippen molar-refractivity contribution in [2.45, 2.75) is 26.1 Å². The average molecular weight is 343 g/mol. The van der Waals surface area contributed by atoms with Crippen molar-refractivity contribution < 1.29 is 13.7 Å². The van der Waals surface area contributed by atoms with E-state index in [2.05, 4.69) is 27.3 Å². The van der Waals surface area contributed by atoms with Crippen LogP contribution in [0.25, 0.3) is 0 Å². The molecule has 23 heavy (non-hydrogen) atoms. The molecule has 1 aliphatic rings. The highest BCUT2D eigenvalue weighted by molar-refractivity contribution is 5.85. The number of benzene rings is 1. The Morgan fingerprint density at radius 3 is 2.91 bits per heavy atom. The van der Waals surface area contributed by atoms with E-state index in [1.165, 1.54) is 12.1 Å². The van der Waals surface area contributed by atoms with Crippen LogP contribution in [0.15, 0.2) is 28.8 Å². The molecule has 8 heteroatoms. The van der Waals surface area contributed by atoms with Crippen molar-refractivity contribution in [3.05, 3.63) is 41.8 Å². The van der Waals surface area contributed by atoms with Crippen LogP contribution in [0.4, 0.5) is 4.39 Å². The number of hydrogen-bond donors (Lipinski definition) is 1. The van der Waals surface area contributed by atoms with E-state index in [1.54, 1.807) is 12.1 Å². The monoisotopic (exact) mass is 342 g/mol. The quantitative estimate of drug-likeness (QED) is 0.896. The van der Waals surface area contributed by atoms with E-state index in [4.69, 9.17) is 9.26 Å². The lowest BCUT2D eigenvalue weighted by Crippen LogP contribution is -2.49. The van der Waals surface area contributed by atoms with E-state index in [0.29, 0.717) is 30.1 Å². The Kier molecular flexibility index (Phi) is 6.32. The maximum absolute atomic E-state index is 12.8. The van der Waals surface area contributed by atoms with Crippen LogP contribution in [0.3, 0.4) is 0 Å². The van der Waals surface area contributed by atoms with Gasteiger partial charge in [-0.25, -0.2) is 4.39 Å². The minimum atomic E-state index is -0.292. The number of nitrogens with one attached hydrogen (secondary N) is 1. The number of rotatable bonds is 5. The van der Waals surface area contributed by atoms with Gasteiger partial charge in [0.15, 0.2) is 6.61 Å². The van der Waals surface area contributed by atoms with Crippen molar-refractivity contribution in [2.75, 3.05) is 19.6 Å². The van der Waals surface area contributed by atoms with E-state index in [1.807, 2.05) is 0 Å². The molecule has 1 aromatic carbocycles. The van der Waals surface area contributed by atoms with Gasteiger partial charge in [-0.05, 0) is 31.2 Å². The fraction of sp³-hybridized carbons (Fsp3) is 0.467. The van der Waals surface area contributed by atoms with Crippen LogP contribution in [0.1, 0.15) is 18.6 Å². The molecule has 0 amide bonds. The number of aromatic nitrogens is 2. The topological polar surface area (TPSA) is 63.4 Å². The highest BCUT2D eigenvalue weighted by Crippen LogP contribution is 2.13. The van der Waals surface area contributed by atoms with E-state index in [9.17, 15) is 4.39 Å². The highest BCUT2D eigenvalue weighted by Gasteiger charge is 2.20. The Labute approximate surface area is 140 Å². The number of ether oxygens (including phenoxy) is 1. The standard InChI is InChI=1S/C15H19FN4O2.ClH/c1-11-8-17-6-7-20(11)9-15-18-14(19-22-15)10-21-13-4-2-12(16)3-5-13;/h2-5,11,17H,6-10H2,1H3;1H/t11-;/m1./s1. The summed E-state index contributed by atoms with van der Waals surface area (Å²) in [5.41, 5.74) is 0. The summed E-state index contributed by atoms with van der Waals surface area (Å²) < 4.78 is 23.6. The van der Waals surface area contributed by atoms with E-state index < -0.39 is 0 Å². The van der Waals surface area contributed by atoms with Gasteiger partial charge in [-0.3, -0.25) is 4.90 Å². The number of hydrogen-bond acceptors (Lipinski definition) is 6. The molecule has 0 bridgehead atoms. The molecular weight excluding hydrogens is 323 g/mol. The lowest BCUT2D eigenvalue weighted by molar-refractivity contribution is 0.146. The van der Waals surface area contributed by atoms with E-state index >= 15 is 0 Å². The average Bonchev–Trinajstić information content (AvgIpc) is 2.97. The summed E-state index contributed by atoms with van der Waals surface area (Å²) in [6.07, 6.45) is 0. The molecule has 1 aromatic heterocycles. The van der Waals surface area contributed by atoms with Crippen LogP contribution < -0.4 is 10.1 Å². The summed E-state index contributed by atoms with van der Waals surface area (Å²) >= 11 is 0. The minimum Gasteiger partial charge on any atom is -0.485 e. The van der Waals surface area contributed by atoms with Crippen molar-refractivity contribution in [3.63, 3.8) is 0 Å². The second-order valence-electron chi connectivity index (χ2n) is 5.37. The second kappa shape index (κ2) is 8.24. The Bertz CT molecular complexity index is 608. The third kappa shape index (κ3) is 4.89. The summed E-state index contributed by atoms with van der Waals surface area (Å²) in [6.45, 7) is 5.92. The molecule has 126 valence electrons. The molecule has 0 aliphatic carbocycles. The molecule has 1 aliphatic heterocycles. The van der Waals surface area contributed by atoms with Gasteiger partial charge in [0.05, 0.1) is 6.54 Å². The van der Waals surface area contributed by atoms with Crippen molar-refractivity contribution in [1.29, 1.82) is 0 Å². The van der Waals surface area contributed by atoms with Gasteiger partial charge in [0.1, 0.15) is 11.6 Å². The maximum atomic E-state index is 12.8. The van der Waals surface area contributed by atoms with Crippen LogP contribution in [-0.2, 0) is 13.2 Å². The zero-order valence-corrected chi connectivity index (χ0v) is 13.7. The number of piperazine rings is 1. The third-order valence-electron chi connectivity index (χ3n) is 3.67. The Hall–Kier alpha value is -1.70. The van der Waals surface area contributed by atoms with Crippen LogP contribution in [0.5, 0.6) is 5.75 Å². The van der Waals surface area contributed by atoms with Gasteiger partial charge in [0.2, 0.25) is 11.7 Å². The van der Waals surface area contributed by atoms with Crippen LogP contribution in [0, 0.1) is 5.82 Å². The predicted molar refractivity (Wildman–Crippen MR) is 85.0 cm³/mol. The van der Waals surface area contributed by atoms with Crippen molar-refractivity contribution in [1.82, 2.24) is 20.4 Å². The molecule has 2 aromatic rings. The molecule has 2 heterocycles. The largest absolute Gasteiger partial charge is 0.485 e. The molecule has 1 atom stereocenters. The molecule has 3 rings (SSSR count). The van der Waals surface area contributed by atoms with Crippen molar-refractivity contribution in [3.8, 4) is 5.75 Å². The lowest BCUT2D eigenvalue weighted by atomic mass is 10.2. The smallest absolute Gasteiger partial charge is 0.240 e. The SMILES string of the molecule is C[C@@H]1CNCCN1Cc1nc(COc2ccc(F)cc2)no1.Cl. The zero-order valence-electron chi connectivity index (χ0n) is 12.9. The second-order valence-corrected chi connectivity index (χ2v) is 5.37. The van der Waals surface area contributed by atoms with Gasteiger partial charge >= 0.3 is 0 Å². The summed E-state index contributed by atoms with van der Waals surface area (Å²) in [5, 5.41) is 7.25. The fourth-order valence-electron chi connectivity index (χ4n) is 2.38. The fourth-order valence-corrected chi connectivity index (χ4v) is 2.38. The summed E-state index contributed by atoms with van der Waals surface area (Å²) in [5.74, 6) is 1.36. The van der Waals surface area contributed by atoms with Gasteiger partial charge in [0.25, 0.3) is 0 Å². The van der Waals surface area contributed by atoms with E-state index in [-0.39, 0.29) is 24.8 Å². The predicted octanol–water partition coefficient (Wildman–Crippen LogP) is 2.00. The van der Waals surface area contributed by atoms with Gasteiger partial charge in [-0.2, -0.15) is 4.98 Å². The number of halogens is 2. The molecule has 6 nitrogen and oxygen atoms in total. The minimum absolute atomic E-state index is 0. The van der Waals surface area contributed by atoms with Gasteiger partial charge < -0.3 is 14.6 Å². The van der Waals surface area contributed by atoms with Crippen LogP contribution >= 0.6 is 12.4 Å². The molecule has 1 fully saturated rings. The first kappa shape index (κ1) is 17.7. The molecular formula is C15H20ClFN4O2. The van der Waals surface area contributed by atoms with Crippen LogP contribution in [0.2, 0.25) is 0 Å². The Morgan fingerprint density at radius 2 is 2.17 bits per heavy atom. The summed E-state index contributed by atoms with van der Waals surface area (Å²) in [4.78, 5) is 6.63. The molecule has 1 saturated heterocycles. The third-order valence-corrected chi connectivity index (χ3v) is 3.67. The van der Waals surface area contributed by atoms with Crippen LogP contribution in [-0.4, -0.2) is 40.7 Å². The molecule has 0 saturated carbocycles. The first-order chi connectivity index (χ1) is 10.7. The first-order valence-electron chi connectivity index (χ1n) is 7.35. The van der Waals surface area contributed by atoms with Gasteiger partial charge in [0, 0.05) is 25.7 Å². The van der Waals surface area contributed by atoms with Crippen molar-refractivity contribution in [2.24, 2.45) is 0 Å². The molecule has 0 unspecified atom stereocenters. The van der Waals surface area contributed by atoms with Gasteiger partial charge in [-0.15, -0.1) is 12.4 Å². The number of nitrogens with zero attached hydrogens (tertiary/aromatic N) is 3.